The highest BCUT2D eigenvalue weighted by Crippen LogP contribution is 2.30. The molecule has 1 aromatic rings. The summed E-state index contributed by atoms with van der Waals surface area (Å²) in [5.41, 5.74) is 1.18. The van der Waals surface area contributed by atoms with Crippen LogP contribution in [0.25, 0.3) is 6.08 Å². The van der Waals surface area contributed by atoms with Gasteiger partial charge in [0, 0.05) is 30.6 Å². The van der Waals surface area contributed by atoms with E-state index in [1.54, 1.807) is 31.2 Å². The Kier molecular flexibility index (Phi) is 6.66. The van der Waals surface area contributed by atoms with Crippen molar-refractivity contribution < 1.29 is 34.0 Å². The fraction of sp³-hybridized carbons (Fsp3) is 0.455. The second-order valence-corrected chi connectivity index (χ2v) is 7.46. The van der Waals surface area contributed by atoms with Gasteiger partial charge < -0.3 is 29.7 Å². The van der Waals surface area contributed by atoms with Crippen LogP contribution in [-0.2, 0) is 14.2 Å². The number of hydrogen-bond acceptors (Lipinski definition) is 8. The molecule has 2 heterocycles. The minimum atomic E-state index is -1.06. The molecule has 1 aromatic carbocycles. The number of hydrogen-bond donors (Lipinski definition) is 3. The summed E-state index contributed by atoms with van der Waals surface area (Å²) in [5.74, 6) is -1.07. The number of aliphatic hydroxyl groups excluding tert-OH is 1. The van der Waals surface area contributed by atoms with Gasteiger partial charge in [-0.2, -0.15) is 0 Å². The topological polar surface area (TPSA) is 114 Å². The summed E-state index contributed by atoms with van der Waals surface area (Å²) in [6.07, 6.45) is 2.90. The number of rotatable bonds is 2. The number of carbonyl (C=O) groups is 2. The molecular formula is C22H27NO7. The van der Waals surface area contributed by atoms with Gasteiger partial charge >= 0.3 is 12.1 Å². The lowest BCUT2D eigenvalue weighted by Crippen LogP contribution is -2.34. The zero-order valence-electron chi connectivity index (χ0n) is 17.2. The van der Waals surface area contributed by atoms with Gasteiger partial charge in [-0.1, -0.05) is 31.2 Å². The second kappa shape index (κ2) is 9.21. The third-order valence-electron chi connectivity index (χ3n) is 5.23. The van der Waals surface area contributed by atoms with Gasteiger partial charge in [0.1, 0.15) is 29.6 Å². The van der Waals surface area contributed by atoms with Crippen molar-refractivity contribution in [2.75, 3.05) is 11.9 Å². The van der Waals surface area contributed by atoms with Gasteiger partial charge in [-0.05, 0) is 25.5 Å². The first-order chi connectivity index (χ1) is 14.3. The molecule has 0 spiro atoms. The van der Waals surface area contributed by atoms with E-state index in [0.717, 1.165) is 0 Å². The molecule has 30 heavy (non-hydrogen) atoms. The average Bonchev–Trinajstić information content (AvgIpc) is 3.05. The van der Waals surface area contributed by atoms with Gasteiger partial charge in [-0.25, -0.2) is 9.59 Å². The molecule has 8 heteroatoms. The van der Waals surface area contributed by atoms with Crippen molar-refractivity contribution in [1.82, 2.24) is 0 Å². The number of ether oxygens (including phenoxy) is 3. The highest BCUT2D eigenvalue weighted by atomic mass is 16.8. The first-order valence-corrected chi connectivity index (χ1v) is 10.0. The molecule has 0 radical (unpaired) electrons. The van der Waals surface area contributed by atoms with Crippen LogP contribution in [0, 0.1) is 5.92 Å². The second-order valence-electron chi connectivity index (χ2n) is 7.46. The van der Waals surface area contributed by atoms with Crippen LogP contribution < -0.4 is 5.32 Å². The van der Waals surface area contributed by atoms with E-state index in [4.69, 9.17) is 14.2 Å². The minimum Gasteiger partial charge on any atom is -0.507 e. The number of aromatic hydroxyl groups is 1. The maximum absolute atomic E-state index is 12.8. The normalized spacial score (nSPS) is 31.3. The summed E-state index contributed by atoms with van der Waals surface area (Å²) in [6, 6.07) is 3.22. The van der Waals surface area contributed by atoms with Gasteiger partial charge in [0.15, 0.2) is 6.10 Å². The van der Waals surface area contributed by atoms with E-state index in [1.807, 2.05) is 13.8 Å². The Hall–Kier alpha value is -3.00. The van der Waals surface area contributed by atoms with Gasteiger partial charge in [-0.15, -0.1) is 0 Å². The molecule has 3 N–H and O–H groups in total. The number of anilines is 1. The van der Waals surface area contributed by atoms with Crippen LogP contribution in [0.5, 0.6) is 5.75 Å². The van der Waals surface area contributed by atoms with E-state index < -0.39 is 36.5 Å². The van der Waals surface area contributed by atoms with E-state index >= 15 is 0 Å². The number of esters is 1. The quantitative estimate of drug-likeness (QED) is 0.496. The number of aliphatic hydroxyl groups is 1. The van der Waals surface area contributed by atoms with Crippen LogP contribution in [-0.4, -0.2) is 53.3 Å². The molecule has 2 aliphatic heterocycles. The largest absolute Gasteiger partial charge is 0.509 e. The molecule has 1 unspecified atom stereocenters. The van der Waals surface area contributed by atoms with Crippen molar-refractivity contribution in [3.63, 3.8) is 0 Å². The molecule has 8 nitrogen and oxygen atoms in total. The van der Waals surface area contributed by atoms with Crippen LogP contribution in [0.1, 0.15) is 43.1 Å². The Bertz CT molecular complexity index is 863. The fourth-order valence-electron chi connectivity index (χ4n) is 3.41. The Labute approximate surface area is 175 Å². The van der Waals surface area contributed by atoms with Gasteiger partial charge in [-0.3, -0.25) is 0 Å². The van der Waals surface area contributed by atoms with Crippen LogP contribution in [0.15, 0.2) is 30.4 Å². The maximum atomic E-state index is 12.8. The number of fused-ring (bicyclic) bond motifs is 2. The smallest absolute Gasteiger partial charge is 0.507 e. The molecular weight excluding hydrogens is 390 g/mol. The number of carbonyl (C=O) groups excluding carboxylic acids is 2. The molecule has 0 amide bonds. The highest BCUT2D eigenvalue weighted by Gasteiger charge is 2.40. The number of nitrogens with one attached hydrogen (secondary N) is 1. The monoisotopic (exact) mass is 417 g/mol. The zero-order valence-corrected chi connectivity index (χ0v) is 17.2. The van der Waals surface area contributed by atoms with E-state index in [2.05, 4.69) is 5.32 Å². The standard InChI is InChI=1S/C22H27NO7/c1-4-23-15-10-14-6-5-7-18-20(30-22(27)29-18)16(24)9-8-12(2)13(3)28-21(26)19(14)17(25)11-15/h5-6,8-13,16,18,20,23-25H,4,7H2,1-3H3/b6-5+,9-8-/t12-,13+,16?,18+,20-/m1/s1. The lowest BCUT2D eigenvalue weighted by molar-refractivity contribution is 0.0254. The molecule has 5 atom stereocenters. The molecule has 0 aliphatic carbocycles. The molecule has 0 bridgehead atoms. The Balaban J connectivity index is 2.02. The molecule has 1 fully saturated rings. The highest BCUT2D eigenvalue weighted by molar-refractivity contribution is 5.97. The van der Waals surface area contributed by atoms with Crippen molar-refractivity contribution in [3.8, 4) is 5.75 Å². The molecule has 3 rings (SSSR count). The third-order valence-corrected chi connectivity index (χ3v) is 5.23. The summed E-state index contributed by atoms with van der Waals surface area (Å²) >= 11 is 0. The van der Waals surface area contributed by atoms with Crippen molar-refractivity contribution in [2.45, 2.75) is 51.6 Å². The van der Waals surface area contributed by atoms with Crippen LogP contribution >= 0.6 is 0 Å². The molecule has 1 saturated heterocycles. The van der Waals surface area contributed by atoms with Crippen molar-refractivity contribution >= 4 is 23.9 Å². The lowest BCUT2D eigenvalue weighted by Gasteiger charge is -2.21. The fourth-order valence-corrected chi connectivity index (χ4v) is 3.41. The summed E-state index contributed by atoms with van der Waals surface area (Å²) in [5, 5.41) is 24.0. The van der Waals surface area contributed by atoms with E-state index in [1.165, 1.54) is 12.1 Å². The molecule has 0 aromatic heterocycles. The predicted octanol–water partition coefficient (Wildman–Crippen LogP) is 3.24. The molecule has 2 aliphatic rings. The van der Waals surface area contributed by atoms with Gasteiger partial charge in [0.25, 0.3) is 0 Å². The maximum Gasteiger partial charge on any atom is 0.509 e. The number of phenols is 1. The first kappa shape index (κ1) is 21.7. The summed E-state index contributed by atoms with van der Waals surface area (Å²) in [6.45, 7) is 6.12. The number of cyclic esters (lactones) is 1. The molecule has 0 saturated carbocycles. The minimum absolute atomic E-state index is 0.0595. The summed E-state index contributed by atoms with van der Waals surface area (Å²) < 4.78 is 15.9. The zero-order chi connectivity index (χ0) is 21.8. The van der Waals surface area contributed by atoms with E-state index in [-0.39, 0.29) is 23.7 Å². The van der Waals surface area contributed by atoms with E-state index in [9.17, 15) is 19.8 Å². The summed E-state index contributed by atoms with van der Waals surface area (Å²) in [4.78, 5) is 24.4. The number of phenolic OH excluding ortho intramolecular Hbond substituents is 1. The van der Waals surface area contributed by atoms with Crippen molar-refractivity contribution in [2.24, 2.45) is 5.92 Å². The predicted molar refractivity (Wildman–Crippen MR) is 110 cm³/mol. The van der Waals surface area contributed by atoms with Gasteiger partial charge in [0.05, 0.1) is 0 Å². The Morgan fingerprint density at radius 2 is 1.90 bits per heavy atom. The van der Waals surface area contributed by atoms with Crippen LogP contribution in [0.3, 0.4) is 0 Å². The summed E-state index contributed by atoms with van der Waals surface area (Å²) in [7, 11) is 0. The Morgan fingerprint density at radius 1 is 1.13 bits per heavy atom. The Morgan fingerprint density at radius 3 is 2.63 bits per heavy atom. The van der Waals surface area contributed by atoms with Crippen molar-refractivity contribution in [1.29, 1.82) is 0 Å². The van der Waals surface area contributed by atoms with Crippen molar-refractivity contribution in [3.05, 3.63) is 41.5 Å². The van der Waals surface area contributed by atoms with Crippen LogP contribution in [0.2, 0.25) is 0 Å². The number of benzene rings is 1. The lowest BCUT2D eigenvalue weighted by atomic mass is 9.99. The third kappa shape index (κ3) is 4.76. The average molecular weight is 417 g/mol. The molecule has 162 valence electrons. The SMILES string of the molecule is CCNc1cc(O)c2c(c1)/C=C/C[C@@H]1OC(=O)O[C@@H]1C(O)/C=C\[C@@H](C)[C@H](C)OC2=O. The van der Waals surface area contributed by atoms with Crippen LogP contribution in [0.4, 0.5) is 10.5 Å². The van der Waals surface area contributed by atoms with Gasteiger partial charge in [0.2, 0.25) is 0 Å². The van der Waals surface area contributed by atoms with E-state index in [0.29, 0.717) is 17.8 Å². The first-order valence-electron chi connectivity index (χ1n) is 10.0.